The molecule has 2 aromatic rings. The molecule has 2 aliphatic heterocycles. The average molecular weight is 383 g/mol. The number of piperidine rings is 1. The van der Waals surface area contributed by atoms with E-state index < -0.39 is 6.10 Å². The SMILES string of the molecule is Cc1cc(C)nc(OC2CCCN(C(=O)C3Oc4ccccc4OC3C)C2)n1. The number of likely N-dealkylation sites (tertiary alicyclic amines) is 1. The van der Waals surface area contributed by atoms with Crippen LogP contribution in [0, 0.1) is 13.8 Å². The van der Waals surface area contributed by atoms with Gasteiger partial charge in [-0.3, -0.25) is 4.79 Å². The molecule has 3 atom stereocenters. The van der Waals surface area contributed by atoms with E-state index in [0.717, 1.165) is 24.2 Å². The summed E-state index contributed by atoms with van der Waals surface area (Å²) >= 11 is 0. The largest absolute Gasteiger partial charge is 0.482 e. The van der Waals surface area contributed by atoms with Gasteiger partial charge in [-0.05, 0) is 51.8 Å². The monoisotopic (exact) mass is 383 g/mol. The summed E-state index contributed by atoms with van der Waals surface area (Å²) in [4.78, 5) is 23.6. The van der Waals surface area contributed by atoms with Crippen LogP contribution in [-0.4, -0.2) is 52.2 Å². The molecule has 1 fully saturated rings. The van der Waals surface area contributed by atoms with Crippen molar-refractivity contribution in [3.8, 4) is 17.5 Å². The van der Waals surface area contributed by atoms with E-state index in [4.69, 9.17) is 14.2 Å². The molecule has 3 heterocycles. The molecule has 148 valence electrons. The number of nitrogens with zero attached hydrogens (tertiary/aromatic N) is 3. The summed E-state index contributed by atoms with van der Waals surface area (Å²) < 4.78 is 17.8. The van der Waals surface area contributed by atoms with Crippen molar-refractivity contribution >= 4 is 5.91 Å². The molecule has 1 amide bonds. The average Bonchev–Trinajstić information content (AvgIpc) is 2.66. The van der Waals surface area contributed by atoms with Gasteiger partial charge < -0.3 is 19.1 Å². The summed E-state index contributed by atoms with van der Waals surface area (Å²) in [5, 5.41) is 0. The van der Waals surface area contributed by atoms with Crippen LogP contribution in [0.15, 0.2) is 30.3 Å². The number of benzene rings is 1. The van der Waals surface area contributed by atoms with Crippen molar-refractivity contribution in [2.24, 2.45) is 0 Å². The van der Waals surface area contributed by atoms with Crippen LogP contribution in [0.5, 0.6) is 17.5 Å². The number of carbonyl (C=O) groups is 1. The molecule has 0 spiro atoms. The quantitative estimate of drug-likeness (QED) is 0.811. The van der Waals surface area contributed by atoms with Gasteiger partial charge in [-0.2, -0.15) is 0 Å². The van der Waals surface area contributed by atoms with E-state index in [1.165, 1.54) is 0 Å². The lowest BCUT2D eigenvalue weighted by molar-refractivity contribution is -0.147. The summed E-state index contributed by atoms with van der Waals surface area (Å²) in [5.74, 6) is 1.20. The first-order chi connectivity index (χ1) is 13.5. The molecule has 7 nitrogen and oxygen atoms in total. The van der Waals surface area contributed by atoms with Crippen LogP contribution < -0.4 is 14.2 Å². The van der Waals surface area contributed by atoms with Crippen molar-refractivity contribution in [2.45, 2.75) is 51.9 Å². The zero-order valence-corrected chi connectivity index (χ0v) is 16.4. The van der Waals surface area contributed by atoms with Crippen LogP contribution in [0.4, 0.5) is 0 Å². The topological polar surface area (TPSA) is 73.8 Å². The summed E-state index contributed by atoms with van der Waals surface area (Å²) in [6, 6.07) is 9.70. The fourth-order valence-electron chi connectivity index (χ4n) is 3.70. The van der Waals surface area contributed by atoms with Gasteiger partial charge >= 0.3 is 6.01 Å². The molecule has 7 heteroatoms. The Hall–Kier alpha value is -2.83. The Morgan fingerprint density at radius 1 is 1.14 bits per heavy atom. The normalized spacial score (nSPS) is 24.0. The molecular weight excluding hydrogens is 358 g/mol. The number of rotatable bonds is 3. The van der Waals surface area contributed by atoms with Crippen molar-refractivity contribution in [1.29, 1.82) is 0 Å². The standard InChI is InChI=1S/C21H25N3O4/c1-13-11-14(2)23-21(22-13)27-16-7-6-10-24(12-16)20(25)19-15(3)26-17-8-4-5-9-18(17)28-19/h4-5,8-9,11,15-16,19H,6-7,10,12H2,1-3H3. The number of carbonyl (C=O) groups excluding carboxylic acids is 1. The van der Waals surface area contributed by atoms with Crippen molar-refractivity contribution in [1.82, 2.24) is 14.9 Å². The van der Waals surface area contributed by atoms with Crippen LogP contribution in [0.1, 0.15) is 31.2 Å². The van der Waals surface area contributed by atoms with E-state index in [0.29, 0.717) is 30.6 Å². The zero-order chi connectivity index (χ0) is 19.7. The molecule has 3 unspecified atom stereocenters. The first-order valence-corrected chi connectivity index (χ1v) is 9.69. The Morgan fingerprint density at radius 3 is 2.54 bits per heavy atom. The zero-order valence-electron chi connectivity index (χ0n) is 16.4. The number of hydrogen-bond acceptors (Lipinski definition) is 6. The summed E-state index contributed by atoms with van der Waals surface area (Å²) in [5.41, 5.74) is 1.73. The lowest BCUT2D eigenvalue weighted by atomic mass is 10.1. The fourth-order valence-corrected chi connectivity index (χ4v) is 3.70. The molecule has 2 aliphatic rings. The smallest absolute Gasteiger partial charge is 0.317 e. The lowest BCUT2D eigenvalue weighted by Gasteiger charge is -2.37. The van der Waals surface area contributed by atoms with Gasteiger partial charge in [0.25, 0.3) is 5.91 Å². The molecule has 1 aromatic heterocycles. The summed E-state index contributed by atoms with van der Waals surface area (Å²) in [6.07, 6.45) is 0.573. The van der Waals surface area contributed by atoms with Gasteiger partial charge in [-0.15, -0.1) is 0 Å². The Kier molecular flexibility index (Phi) is 5.07. The van der Waals surface area contributed by atoms with E-state index in [1.807, 2.05) is 51.1 Å². The molecule has 1 aromatic carbocycles. The molecule has 1 saturated heterocycles. The van der Waals surface area contributed by atoms with Crippen LogP contribution in [0.2, 0.25) is 0 Å². The number of aromatic nitrogens is 2. The Balaban J connectivity index is 1.43. The molecule has 0 N–H and O–H groups in total. The number of hydrogen-bond donors (Lipinski definition) is 0. The van der Waals surface area contributed by atoms with Gasteiger partial charge in [-0.1, -0.05) is 12.1 Å². The molecule has 0 bridgehead atoms. The third kappa shape index (κ3) is 3.88. The Labute approximate surface area is 164 Å². The van der Waals surface area contributed by atoms with E-state index in [2.05, 4.69) is 9.97 Å². The minimum absolute atomic E-state index is 0.0726. The highest BCUT2D eigenvalue weighted by Gasteiger charge is 2.38. The molecule has 4 rings (SSSR count). The van der Waals surface area contributed by atoms with Crippen molar-refractivity contribution in [3.05, 3.63) is 41.7 Å². The van der Waals surface area contributed by atoms with Gasteiger partial charge in [0.1, 0.15) is 12.2 Å². The highest BCUT2D eigenvalue weighted by molar-refractivity contribution is 5.82. The van der Waals surface area contributed by atoms with Crippen LogP contribution in [-0.2, 0) is 4.79 Å². The molecule has 0 saturated carbocycles. The maximum absolute atomic E-state index is 13.1. The number of ether oxygens (including phenoxy) is 3. The maximum atomic E-state index is 13.1. The van der Waals surface area contributed by atoms with Crippen LogP contribution in [0.3, 0.4) is 0 Å². The lowest BCUT2D eigenvalue weighted by Crippen LogP contribution is -2.54. The molecule has 0 radical (unpaired) electrons. The second-order valence-electron chi connectivity index (χ2n) is 7.41. The van der Waals surface area contributed by atoms with Crippen LogP contribution >= 0.6 is 0 Å². The Morgan fingerprint density at radius 2 is 1.82 bits per heavy atom. The highest BCUT2D eigenvalue weighted by Crippen LogP contribution is 2.34. The van der Waals surface area contributed by atoms with Crippen LogP contribution in [0.25, 0.3) is 0 Å². The first kappa shape index (κ1) is 18.5. The first-order valence-electron chi connectivity index (χ1n) is 9.69. The third-order valence-electron chi connectivity index (χ3n) is 5.01. The molecular formula is C21H25N3O4. The minimum atomic E-state index is -0.661. The van der Waals surface area contributed by atoms with E-state index in [1.54, 1.807) is 4.90 Å². The predicted molar refractivity (Wildman–Crippen MR) is 103 cm³/mol. The van der Waals surface area contributed by atoms with Crippen molar-refractivity contribution in [3.63, 3.8) is 0 Å². The number of para-hydroxylation sites is 2. The Bertz CT molecular complexity index is 852. The maximum Gasteiger partial charge on any atom is 0.317 e. The number of aryl methyl sites for hydroxylation is 2. The molecule has 0 aliphatic carbocycles. The van der Waals surface area contributed by atoms with Crippen molar-refractivity contribution in [2.75, 3.05) is 13.1 Å². The summed E-state index contributed by atoms with van der Waals surface area (Å²) in [7, 11) is 0. The van der Waals surface area contributed by atoms with Crippen molar-refractivity contribution < 1.29 is 19.0 Å². The van der Waals surface area contributed by atoms with Gasteiger partial charge in [0.2, 0.25) is 6.10 Å². The van der Waals surface area contributed by atoms with E-state index in [-0.39, 0.29) is 18.1 Å². The highest BCUT2D eigenvalue weighted by atomic mass is 16.6. The van der Waals surface area contributed by atoms with E-state index >= 15 is 0 Å². The number of amides is 1. The van der Waals surface area contributed by atoms with Gasteiger partial charge in [0.15, 0.2) is 11.5 Å². The van der Waals surface area contributed by atoms with Gasteiger partial charge in [0.05, 0.1) is 6.54 Å². The number of fused-ring (bicyclic) bond motifs is 1. The minimum Gasteiger partial charge on any atom is -0.482 e. The van der Waals surface area contributed by atoms with Gasteiger partial charge in [-0.25, -0.2) is 9.97 Å². The summed E-state index contributed by atoms with van der Waals surface area (Å²) in [6.45, 7) is 6.86. The third-order valence-corrected chi connectivity index (χ3v) is 5.01. The molecule has 28 heavy (non-hydrogen) atoms. The fraction of sp³-hybridized carbons (Fsp3) is 0.476. The second kappa shape index (κ2) is 7.66. The van der Waals surface area contributed by atoms with E-state index in [9.17, 15) is 4.79 Å². The van der Waals surface area contributed by atoms with Gasteiger partial charge in [0, 0.05) is 17.9 Å². The second-order valence-corrected chi connectivity index (χ2v) is 7.41. The predicted octanol–water partition coefficient (Wildman–Crippen LogP) is 2.69.